The van der Waals surface area contributed by atoms with E-state index in [0.29, 0.717) is 18.7 Å². The topological polar surface area (TPSA) is 24.5 Å². The molecule has 0 aliphatic carbocycles. The maximum absolute atomic E-state index is 5.78. The predicted molar refractivity (Wildman–Crippen MR) is 145 cm³/mol. The van der Waals surface area contributed by atoms with Crippen LogP contribution in [0.25, 0.3) is 6.08 Å². The lowest BCUT2D eigenvalue weighted by molar-refractivity contribution is 0.136. The van der Waals surface area contributed by atoms with Crippen LogP contribution in [-0.2, 0) is 11.3 Å². The van der Waals surface area contributed by atoms with Crippen molar-refractivity contribution in [1.29, 1.82) is 0 Å². The third kappa shape index (κ3) is 11.7. The highest BCUT2D eigenvalue weighted by Crippen LogP contribution is 2.19. The van der Waals surface area contributed by atoms with E-state index < -0.39 is 0 Å². The molecule has 1 aromatic rings. The van der Waals surface area contributed by atoms with E-state index in [4.69, 9.17) is 4.74 Å². The van der Waals surface area contributed by atoms with Crippen LogP contribution in [0.1, 0.15) is 89.3 Å². The summed E-state index contributed by atoms with van der Waals surface area (Å²) >= 11 is 0. The fourth-order valence-electron chi connectivity index (χ4n) is 4.35. The zero-order valence-corrected chi connectivity index (χ0v) is 22.0. The van der Waals surface area contributed by atoms with Gasteiger partial charge in [0.05, 0.1) is 6.61 Å². The lowest BCUT2D eigenvalue weighted by Crippen LogP contribution is -2.31. The third-order valence-corrected chi connectivity index (χ3v) is 6.05. The lowest BCUT2D eigenvalue weighted by Gasteiger charge is -2.28. The van der Waals surface area contributed by atoms with Crippen molar-refractivity contribution in [2.24, 2.45) is 0 Å². The average Bonchev–Trinajstić information content (AvgIpc) is 2.78. The van der Waals surface area contributed by atoms with Gasteiger partial charge in [0.25, 0.3) is 0 Å². The number of nitrogens with one attached hydrogen (secondary N) is 1. The molecule has 0 heterocycles. The molecule has 0 saturated heterocycles. The van der Waals surface area contributed by atoms with E-state index >= 15 is 0 Å². The summed E-state index contributed by atoms with van der Waals surface area (Å²) in [5.74, 6) is 6.58. The minimum absolute atomic E-state index is 0.383. The van der Waals surface area contributed by atoms with Crippen LogP contribution in [0, 0.1) is 11.8 Å². The third-order valence-electron chi connectivity index (χ3n) is 6.05. The van der Waals surface area contributed by atoms with Crippen LogP contribution in [0.15, 0.2) is 36.9 Å². The molecule has 0 bridgehead atoms. The first-order chi connectivity index (χ1) is 16.0. The molecule has 0 spiro atoms. The Morgan fingerprint density at radius 3 is 2.52 bits per heavy atom. The second-order valence-corrected chi connectivity index (χ2v) is 9.05. The van der Waals surface area contributed by atoms with Gasteiger partial charge in [-0.1, -0.05) is 76.3 Å². The molecule has 0 aliphatic heterocycles. The number of nitrogens with zero attached hydrogens (tertiary/aromatic N) is 1. The van der Waals surface area contributed by atoms with Crippen molar-refractivity contribution >= 4 is 6.08 Å². The van der Waals surface area contributed by atoms with Crippen LogP contribution >= 0.6 is 0 Å². The van der Waals surface area contributed by atoms with Crippen molar-refractivity contribution < 1.29 is 4.74 Å². The van der Waals surface area contributed by atoms with Crippen LogP contribution in [-0.4, -0.2) is 43.8 Å². The molecule has 0 saturated carbocycles. The maximum Gasteiger partial charge on any atom is 0.0575 e. The molecule has 3 nitrogen and oxygen atoms in total. The molecular weight excluding hydrogens is 404 g/mol. The number of likely N-dealkylation sites (N-methyl/N-ethyl adjacent to an activating group) is 1. The minimum atomic E-state index is 0.383. The van der Waals surface area contributed by atoms with Crippen LogP contribution in [0.5, 0.6) is 0 Å². The zero-order valence-electron chi connectivity index (χ0n) is 22.0. The van der Waals surface area contributed by atoms with E-state index in [9.17, 15) is 0 Å². The normalized spacial score (nSPS) is 12.0. The Hall–Kier alpha value is -1.86. The summed E-state index contributed by atoms with van der Waals surface area (Å²) in [5.41, 5.74) is 4.68. The molecule has 33 heavy (non-hydrogen) atoms. The largest absolute Gasteiger partial charge is 0.380 e. The molecule has 0 aromatic heterocycles. The number of hydrogen-bond donors (Lipinski definition) is 1. The molecule has 3 heteroatoms. The molecule has 0 amide bonds. The molecule has 184 valence electrons. The molecule has 1 atom stereocenters. The van der Waals surface area contributed by atoms with E-state index in [-0.39, 0.29) is 0 Å². The van der Waals surface area contributed by atoms with Gasteiger partial charge in [-0.15, -0.1) is 0 Å². The van der Waals surface area contributed by atoms with Crippen LogP contribution in [0.2, 0.25) is 0 Å². The predicted octanol–water partition coefficient (Wildman–Crippen LogP) is 6.82. The molecule has 0 fully saturated rings. The maximum atomic E-state index is 5.78. The Labute approximate surface area is 204 Å². The van der Waals surface area contributed by atoms with Crippen molar-refractivity contribution in [2.75, 3.05) is 26.8 Å². The molecule has 1 aromatic carbocycles. The molecule has 0 aliphatic rings. The highest BCUT2D eigenvalue weighted by molar-refractivity contribution is 5.55. The Bertz CT molecular complexity index is 752. The smallest absolute Gasteiger partial charge is 0.0575 e. The second-order valence-electron chi connectivity index (χ2n) is 9.05. The van der Waals surface area contributed by atoms with Gasteiger partial charge in [-0.2, -0.15) is 0 Å². The zero-order chi connectivity index (χ0) is 24.5. The number of hydrogen-bond acceptors (Lipinski definition) is 3. The van der Waals surface area contributed by atoms with E-state index in [1.807, 2.05) is 6.08 Å². The van der Waals surface area contributed by atoms with Gasteiger partial charge in [0, 0.05) is 37.2 Å². The molecule has 0 radical (unpaired) electrons. The summed E-state index contributed by atoms with van der Waals surface area (Å²) in [7, 11) is 2.16. The summed E-state index contributed by atoms with van der Waals surface area (Å²) in [6, 6.07) is 7.45. The average molecular weight is 453 g/mol. The van der Waals surface area contributed by atoms with Crippen LogP contribution in [0.4, 0.5) is 0 Å². The fraction of sp³-hybridized carbons (Fsp3) is 0.600. The van der Waals surface area contributed by atoms with Crippen molar-refractivity contribution in [3.8, 4) is 11.8 Å². The van der Waals surface area contributed by atoms with Gasteiger partial charge in [-0.05, 0) is 69.5 Å². The molecular formula is C30H48N2O. The van der Waals surface area contributed by atoms with Crippen molar-refractivity contribution in [2.45, 2.75) is 91.3 Å². The van der Waals surface area contributed by atoms with Gasteiger partial charge in [0.15, 0.2) is 0 Å². The first-order valence-electron chi connectivity index (χ1n) is 12.9. The van der Waals surface area contributed by atoms with Gasteiger partial charge in [0.2, 0.25) is 0 Å². The van der Waals surface area contributed by atoms with Crippen LogP contribution < -0.4 is 5.32 Å². The van der Waals surface area contributed by atoms with E-state index in [0.717, 1.165) is 44.5 Å². The van der Waals surface area contributed by atoms with E-state index in [2.05, 4.69) is 88.2 Å². The number of ether oxygens (including phenoxy) is 1. The Morgan fingerprint density at radius 1 is 1.18 bits per heavy atom. The highest BCUT2D eigenvalue weighted by Gasteiger charge is 2.14. The highest BCUT2D eigenvalue weighted by atomic mass is 16.5. The summed E-state index contributed by atoms with van der Waals surface area (Å²) in [6.45, 7) is 20.3. The van der Waals surface area contributed by atoms with E-state index in [1.165, 1.54) is 42.4 Å². The molecule has 1 unspecified atom stereocenters. The van der Waals surface area contributed by atoms with Gasteiger partial charge < -0.3 is 10.1 Å². The summed E-state index contributed by atoms with van der Waals surface area (Å²) in [4.78, 5) is 2.36. The van der Waals surface area contributed by atoms with Gasteiger partial charge in [-0.3, -0.25) is 4.90 Å². The van der Waals surface area contributed by atoms with Crippen molar-refractivity contribution in [1.82, 2.24) is 10.2 Å². The van der Waals surface area contributed by atoms with Gasteiger partial charge in [-0.25, -0.2) is 0 Å². The SMILES string of the molecule is C=Cc1ccc(C#CCCOCCCNC(CCC)CCC)cc1CN(C)C(CC)C(=C)C. The fourth-order valence-corrected chi connectivity index (χ4v) is 4.35. The Kier molecular flexibility index (Phi) is 15.6. The minimum Gasteiger partial charge on any atom is -0.380 e. The van der Waals surface area contributed by atoms with Crippen molar-refractivity contribution in [3.63, 3.8) is 0 Å². The number of rotatable bonds is 17. The monoisotopic (exact) mass is 452 g/mol. The number of benzene rings is 1. The first kappa shape index (κ1) is 29.2. The Morgan fingerprint density at radius 2 is 1.91 bits per heavy atom. The van der Waals surface area contributed by atoms with Gasteiger partial charge >= 0.3 is 0 Å². The van der Waals surface area contributed by atoms with Gasteiger partial charge in [0.1, 0.15) is 0 Å². The van der Waals surface area contributed by atoms with Crippen LogP contribution in [0.3, 0.4) is 0 Å². The summed E-state index contributed by atoms with van der Waals surface area (Å²) in [5, 5.41) is 3.67. The molecule has 1 rings (SSSR count). The summed E-state index contributed by atoms with van der Waals surface area (Å²) in [6.07, 6.45) is 9.82. The lowest BCUT2D eigenvalue weighted by atomic mass is 10.0. The molecule has 1 N–H and O–H groups in total. The second kappa shape index (κ2) is 17.6. The Balaban J connectivity index is 2.46. The summed E-state index contributed by atoms with van der Waals surface area (Å²) < 4.78 is 5.78. The first-order valence-corrected chi connectivity index (χ1v) is 12.9. The van der Waals surface area contributed by atoms with E-state index in [1.54, 1.807) is 0 Å². The quantitative estimate of drug-likeness (QED) is 0.159. The van der Waals surface area contributed by atoms with Crippen molar-refractivity contribution in [3.05, 3.63) is 53.6 Å². The standard InChI is InChI=1S/C30H48N2O/c1-8-15-29(16-9-2)31-20-14-22-33-21-13-12-17-26-18-19-27(10-3)28(23-26)24-32(7)30(11-4)25(5)6/h10,18-19,23,29-31H,3,5,8-9,11,13-16,20-22,24H2,1-2,4,6-7H3.